The Bertz CT molecular complexity index is 682. The van der Waals surface area contributed by atoms with E-state index in [1.165, 1.54) is 6.07 Å². The Hall–Kier alpha value is -2.29. The molecule has 2 rings (SSSR count). The molecule has 1 heterocycles. The quantitative estimate of drug-likeness (QED) is 0.799. The van der Waals surface area contributed by atoms with E-state index in [1.807, 2.05) is 6.92 Å². The monoisotopic (exact) mass is 279 g/mol. The summed E-state index contributed by atoms with van der Waals surface area (Å²) in [5.41, 5.74) is 1.18. The number of hydrogen-bond donors (Lipinski definition) is 0. The van der Waals surface area contributed by atoms with Crippen molar-refractivity contribution in [2.45, 2.75) is 26.9 Å². The molecule has 6 heteroatoms. The molecule has 1 aromatic carbocycles. The Morgan fingerprint density at radius 3 is 2.15 bits per heavy atom. The molecule has 20 heavy (non-hydrogen) atoms. The van der Waals surface area contributed by atoms with E-state index in [2.05, 4.69) is 5.10 Å². The Balaban J connectivity index is 2.79. The second kappa shape index (κ2) is 4.67. The van der Waals surface area contributed by atoms with Crippen LogP contribution in [0.3, 0.4) is 0 Å². The van der Waals surface area contributed by atoms with Crippen LogP contribution in [0.2, 0.25) is 0 Å². The van der Waals surface area contributed by atoms with Crippen molar-refractivity contribution in [3.8, 4) is 11.8 Å². The summed E-state index contributed by atoms with van der Waals surface area (Å²) in [4.78, 5) is 0. The van der Waals surface area contributed by atoms with E-state index in [4.69, 9.17) is 5.26 Å². The van der Waals surface area contributed by atoms with Gasteiger partial charge in [0.2, 0.25) is 0 Å². The molecule has 104 valence electrons. The molecule has 0 aliphatic rings. The standard InChI is InChI=1S/C14H12F3N3/c1-8-4-9(2)12(10(3)5-8)20-13(14(15,16)17)11(6-18)7-19-20/h4-5,7H,1-3H3. The van der Waals surface area contributed by atoms with Crippen LogP contribution in [0.1, 0.15) is 27.9 Å². The zero-order chi connectivity index (χ0) is 15.1. The van der Waals surface area contributed by atoms with E-state index in [9.17, 15) is 13.2 Å². The van der Waals surface area contributed by atoms with Crippen LogP contribution < -0.4 is 0 Å². The molecule has 0 spiro atoms. The van der Waals surface area contributed by atoms with Gasteiger partial charge in [-0.15, -0.1) is 0 Å². The molecule has 0 fully saturated rings. The summed E-state index contributed by atoms with van der Waals surface area (Å²) in [5.74, 6) is 0. The Morgan fingerprint density at radius 2 is 1.70 bits per heavy atom. The van der Waals surface area contributed by atoms with Crippen LogP contribution >= 0.6 is 0 Å². The maximum absolute atomic E-state index is 13.1. The maximum atomic E-state index is 13.1. The summed E-state index contributed by atoms with van der Waals surface area (Å²) in [6.07, 6.45) is -3.69. The number of rotatable bonds is 1. The highest BCUT2D eigenvalue weighted by Crippen LogP contribution is 2.34. The molecular weight excluding hydrogens is 267 g/mol. The van der Waals surface area contributed by atoms with Crippen LogP contribution in [-0.2, 0) is 6.18 Å². The van der Waals surface area contributed by atoms with Gasteiger partial charge in [-0.1, -0.05) is 17.7 Å². The van der Waals surface area contributed by atoms with Crippen LogP contribution in [0.4, 0.5) is 13.2 Å². The van der Waals surface area contributed by atoms with Crippen molar-refractivity contribution in [3.63, 3.8) is 0 Å². The number of alkyl halides is 3. The van der Waals surface area contributed by atoms with Gasteiger partial charge in [0.25, 0.3) is 0 Å². The molecule has 2 aromatic rings. The van der Waals surface area contributed by atoms with Gasteiger partial charge in [0.05, 0.1) is 11.9 Å². The SMILES string of the molecule is Cc1cc(C)c(-n2ncc(C#N)c2C(F)(F)F)c(C)c1. The van der Waals surface area contributed by atoms with Gasteiger partial charge in [-0.2, -0.15) is 23.5 Å². The number of nitriles is 1. The molecule has 0 atom stereocenters. The molecule has 3 nitrogen and oxygen atoms in total. The third-order valence-electron chi connectivity index (χ3n) is 3.01. The minimum Gasteiger partial charge on any atom is -0.227 e. The van der Waals surface area contributed by atoms with Crippen LogP contribution in [0.5, 0.6) is 0 Å². The van der Waals surface area contributed by atoms with Crippen LogP contribution in [0, 0.1) is 32.1 Å². The predicted molar refractivity (Wildman–Crippen MR) is 67.5 cm³/mol. The average Bonchev–Trinajstić information content (AvgIpc) is 2.70. The highest BCUT2D eigenvalue weighted by Gasteiger charge is 2.39. The van der Waals surface area contributed by atoms with E-state index >= 15 is 0 Å². The normalized spacial score (nSPS) is 11.4. The van der Waals surface area contributed by atoms with Gasteiger partial charge in [0.1, 0.15) is 11.6 Å². The molecular formula is C14H12F3N3. The first kappa shape index (κ1) is 14.1. The molecule has 0 saturated heterocycles. The minimum absolute atomic E-state index is 0.365. The average molecular weight is 279 g/mol. The van der Waals surface area contributed by atoms with Gasteiger partial charge in [-0.3, -0.25) is 0 Å². The predicted octanol–water partition coefficient (Wildman–Crippen LogP) is 3.69. The first-order valence-electron chi connectivity index (χ1n) is 5.89. The van der Waals surface area contributed by atoms with E-state index in [0.29, 0.717) is 16.8 Å². The number of nitrogens with zero attached hydrogens (tertiary/aromatic N) is 3. The smallest absolute Gasteiger partial charge is 0.227 e. The molecule has 0 N–H and O–H groups in total. The van der Waals surface area contributed by atoms with Crippen molar-refractivity contribution >= 4 is 0 Å². The molecule has 1 aromatic heterocycles. The van der Waals surface area contributed by atoms with Crippen molar-refractivity contribution in [2.75, 3.05) is 0 Å². The molecule has 0 aliphatic carbocycles. The summed E-state index contributed by atoms with van der Waals surface area (Å²) in [6, 6.07) is 5.12. The topological polar surface area (TPSA) is 41.6 Å². The highest BCUT2D eigenvalue weighted by molar-refractivity contribution is 5.51. The fourth-order valence-corrected chi connectivity index (χ4v) is 2.38. The first-order chi connectivity index (χ1) is 9.25. The maximum Gasteiger partial charge on any atom is 0.434 e. The minimum atomic E-state index is -4.63. The second-order valence-electron chi connectivity index (χ2n) is 4.68. The molecule has 0 unspecified atom stereocenters. The summed E-state index contributed by atoms with van der Waals surface area (Å²) in [6.45, 7) is 5.32. The van der Waals surface area contributed by atoms with Gasteiger partial charge in [0.15, 0.2) is 5.69 Å². The number of aromatic nitrogens is 2. The summed E-state index contributed by atoms with van der Waals surface area (Å²) in [7, 11) is 0. The second-order valence-corrected chi connectivity index (χ2v) is 4.68. The third kappa shape index (κ3) is 2.27. The Kier molecular flexibility index (Phi) is 3.30. The largest absolute Gasteiger partial charge is 0.434 e. The van der Waals surface area contributed by atoms with Crippen molar-refractivity contribution in [2.24, 2.45) is 0 Å². The van der Waals surface area contributed by atoms with E-state index in [0.717, 1.165) is 16.4 Å². The first-order valence-corrected chi connectivity index (χ1v) is 5.89. The number of aryl methyl sites for hydroxylation is 3. The van der Waals surface area contributed by atoms with E-state index in [-0.39, 0.29) is 0 Å². The van der Waals surface area contributed by atoms with Crippen LogP contribution in [0.25, 0.3) is 5.69 Å². The molecule has 0 radical (unpaired) electrons. The van der Waals surface area contributed by atoms with Gasteiger partial charge in [0, 0.05) is 0 Å². The van der Waals surface area contributed by atoms with Gasteiger partial charge < -0.3 is 0 Å². The van der Waals surface area contributed by atoms with Crippen molar-refractivity contribution in [1.29, 1.82) is 5.26 Å². The van der Waals surface area contributed by atoms with Crippen molar-refractivity contribution in [3.05, 3.63) is 46.3 Å². The lowest BCUT2D eigenvalue weighted by Gasteiger charge is -2.16. The Morgan fingerprint density at radius 1 is 1.15 bits per heavy atom. The van der Waals surface area contributed by atoms with Crippen molar-refractivity contribution < 1.29 is 13.2 Å². The Labute approximate surface area is 114 Å². The highest BCUT2D eigenvalue weighted by atomic mass is 19.4. The van der Waals surface area contributed by atoms with Gasteiger partial charge in [-0.05, 0) is 31.9 Å². The number of hydrogen-bond acceptors (Lipinski definition) is 2. The summed E-state index contributed by atoms with van der Waals surface area (Å²) in [5, 5.41) is 12.6. The van der Waals surface area contributed by atoms with E-state index < -0.39 is 17.4 Å². The zero-order valence-electron chi connectivity index (χ0n) is 11.2. The number of halogens is 3. The van der Waals surface area contributed by atoms with Crippen LogP contribution in [0.15, 0.2) is 18.3 Å². The molecule has 0 bridgehead atoms. The van der Waals surface area contributed by atoms with E-state index in [1.54, 1.807) is 26.0 Å². The molecule has 0 amide bonds. The number of benzene rings is 1. The zero-order valence-corrected chi connectivity index (χ0v) is 11.2. The lowest BCUT2D eigenvalue weighted by molar-refractivity contribution is -0.143. The molecule has 0 aliphatic heterocycles. The van der Waals surface area contributed by atoms with Crippen molar-refractivity contribution in [1.82, 2.24) is 9.78 Å². The van der Waals surface area contributed by atoms with Gasteiger partial charge >= 0.3 is 6.18 Å². The van der Waals surface area contributed by atoms with Crippen LogP contribution in [-0.4, -0.2) is 9.78 Å². The molecule has 0 saturated carbocycles. The third-order valence-corrected chi connectivity index (χ3v) is 3.01. The fourth-order valence-electron chi connectivity index (χ4n) is 2.38. The summed E-state index contributed by atoms with van der Waals surface area (Å²) < 4.78 is 40.2. The van der Waals surface area contributed by atoms with Gasteiger partial charge in [-0.25, -0.2) is 4.68 Å². The summed E-state index contributed by atoms with van der Waals surface area (Å²) >= 11 is 0. The fraction of sp³-hybridized carbons (Fsp3) is 0.286. The lowest BCUT2D eigenvalue weighted by Crippen LogP contribution is -2.16. The lowest BCUT2D eigenvalue weighted by atomic mass is 10.0.